The van der Waals surface area contributed by atoms with E-state index in [1.807, 2.05) is 67.6 Å². The molecule has 1 aliphatic heterocycles. The fraction of sp³-hybridized carbons (Fsp3) is 0.174. The highest BCUT2D eigenvalue weighted by molar-refractivity contribution is 6.36. The van der Waals surface area contributed by atoms with Crippen LogP contribution in [-0.4, -0.2) is 26.7 Å². The molecule has 0 aromatic heterocycles. The standard InChI is InChI=1S/C23H21NO3/c1-4-24-21-8-6-5-7-17(21)20(23(24)25)14-19-18-13-16(26-2)11-9-15(18)10-12-22(19)27-3/h5-14H,4H2,1-3H3/b20-14-. The van der Waals surface area contributed by atoms with Gasteiger partial charge >= 0.3 is 0 Å². The van der Waals surface area contributed by atoms with Gasteiger partial charge in [0.15, 0.2) is 0 Å². The topological polar surface area (TPSA) is 38.8 Å². The maximum absolute atomic E-state index is 13.0. The Morgan fingerprint density at radius 2 is 1.78 bits per heavy atom. The van der Waals surface area contributed by atoms with Crippen molar-refractivity contribution >= 4 is 34.0 Å². The van der Waals surface area contributed by atoms with Gasteiger partial charge in [0.05, 0.1) is 19.9 Å². The Bertz CT molecular complexity index is 1060. The summed E-state index contributed by atoms with van der Waals surface area (Å²) in [6.45, 7) is 2.62. The summed E-state index contributed by atoms with van der Waals surface area (Å²) in [5, 5.41) is 2.05. The Morgan fingerprint density at radius 3 is 2.52 bits per heavy atom. The molecule has 0 aliphatic carbocycles. The van der Waals surface area contributed by atoms with Crippen LogP contribution in [0.4, 0.5) is 5.69 Å². The molecule has 4 rings (SSSR count). The van der Waals surface area contributed by atoms with Crippen molar-refractivity contribution in [3.63, 3.8) is 0 Å². The minimum atomic E-state index is 0.0145. The number of benzene rings is 3. The van der Waals surface area contributed by atoms with Gasteiger partial charge in [-0.2, -0.15) is 0 Å². The van der Waals surface area contributed by atoms with Gasteiger partial charge in [0.25, 0.3) is 5.91 Å². The molecule has 0 spiro atoms. The van der Waals surface area contributed by atoms with E-state index in [1.54, 1.807) is 19.1 Å². The van der Waals surface area contributed by atoms with Gasteiger partial charge < -0.3 is 14.4 Å². The lowest BCUT2D eigenvalue weighted by molar-refractivity contribution is -0.112. The average Bonchev–Trinajstić information content (AvgIpc) is 2.98. The monoisotopic (exact) mass is 359 g/mol. The minimum Gasteiger partial charge on any atom is -0.497 e. The van der Waals surface area contributed by atoms with Gasteiger partial charge in [-0.05, 0) is 48.0 Å². The van der Waals surface area contributed by atoms with Crippen LogP contribution < -0.4 is 14.4 Å². The molecule has 27 heavy (non-hydrogen) atoms. The zero-order valence-corrected chi connectivity index (χ0v) is 15.7. The van der Waals surface area contributed by atoms with Gasteiger partial charge in [-0.15, -0.1) is 0 Å². The molecule has 0 bridgehead atoms. The Hall–Kier alpha value is -3.27. The van der Waals surface area contributed by atoms with E-state index in [9.17, 15) is 4.79 Å². The van der Waals surface area contributed by atoms with E-state index < -0.39 is 0 Å². The van der Waals surface area contributed by atoms with Gasteiger partial charge in [-0.25, -0.2) is 0 Å². The molecule has 3 aromatic rings. The number of fused-ring (bicyclic) bond motifs is 2. The summed E-state index contributed by atoms with van der Waals surface area (Å²) in [6.07, 6.45) is 1.94. The van der Waals surface area contributed by atoms with E-state index in [-0.39, 0.29) is 5.91 Å². The summed E-state index contributed by atoms with van der Waals surface area (Å²) < 4.78 is 11.0. The lowest BCUT2D eigenvalue weighted by atomic mass is 9.98. The molecule has 0 N–H and O–H groups in total. The number of anilines is 1. The second-order valence-corrected chi connectivity index (χ2v) is 6.39. The van der Waals surface area contributed by atoms with E-state index in [4.69, 9.17) is 9.47 Å². The summed E-state index contributed by atoms with van der Waals surface area (Å²) in [6, 6.07) is 17.8. The number of likely N-dealkylation sites (N-methyl/N-ethyl adjacent to an activating group) is 1. The van der Waals surface area contributed by atoms with Crippen molar-refractivity contribution in [3.8, 4) is 11.5 Å². The summed E-state index contributed by atoms with van der Waals surface area (Å²) >= 11 is 0. The van der Waals surface area contributed by atoms with Crippen molar-refractivity contribution in [2.24, 2.45) is 0 Å². The Labute approximate surface area is 158 Å². The molecule has 4 nitrogen and oxygen atoms in total. The zero-order chi connectivity index (χ0) is 19.0. The normalized spacial score (nSPS) is 14.7. The van der Waals surface area contributed by atoms with E-state index >= 15 is 0 Å². The first-order chi connectivity index (χ1) is 13.2. The third-order valence-corrected chi connectivity index (χ3v) is 5.02. The first kappa shape index (κ1) is 17.2. The van der Waals surface area contributed by atoms with Gasteiger partial charge in [0.1, 0.15) is 11.5 Å². The molecule has 0 saturated carbocycles. The molecule has 0 radical (unpaired) electrons. The third-order valence-electron chi connectivity index (χ3n) is 5.02. The number of ether oxygens (including phenoxy) is 2. The van der Waals surface area contributed by atoms with Crippen molar-refractivity contribution in [1.29, 1.82) is 0 Å². The van der Waals surface area contributed by atoms with Crippen LogP contribution in [0.3, 0.4) is 0 Å². The molecule has 136 valence electrons. The number of hydrogen-bond donors (Lipinski definition) is 0. The molecular formula is C23H21NO3. The van der Waals surface area contributed by atoms with Crippen LogP contribution in [0.25, 0.3) is 22.4 Å². The average molecular weight is 359 g/mol. The molecule has 3 aromatic carbocycles. The second kappa shape index (κ2) is 6.80. The number of hydrogen-bond acceptors (Lipinski definition) is 3. The third kappa shape index (κ3) is 2.74. The lowest BCUT2D eigenvalue weighted by Crippen LogP contribution is -2.25. The first-order valence-electron chi connectivity index (χ1n) is 8.95. The van der Waals surface area contributed by atoms with Crippen LogP contribution >= 0.6 is 0 Å². The van der Waals surface area contributed by atoms with Crippen LogP contribution in [0.15, 0.2) is 54.6 Å². The summed E-state index contributed by atoms with van der Waals surface area (Å²) in [5.74, 6) is 1.51. The van der Waals surface area contributed by atoms with Crippen LogP contribution in [0.1, 0.15) is 18.1 Å². The second-order valence-electron chi connectivity index (χ2n) is 6.39. The number of amides is 1. The Morgan fingerprint density at radius 1 is 1.00 bits per heavy atom. The smallest absolute Gasteiger partial charge is 0.258 e. The number of carbonyl (C=O) groups excluding carboxylic acids is 1. The van der Waals surface area contributed by atoms with Crippen molar-refractivity contribution in [2.45, 2.75) is 6.92 Å². The number of methoxy groups -OCH3 is 2. The summed E-state index contributed by atoms with van der Waals surface area (Å²) in [5.41, 5.74) is 3.46. The summed E-state index contributed by atoms with van der Waals surface area (Å²) in [4.78, 5) is 14.9. The van der Waals surface area contributed by atoms with Crippen LogP contribution in [0.5, 0.6) is 11.5 Å². The fourth-order valence-corrected chi connectivity index (χ4v) is 3.66. The van der Waals surface area contributed by atoms with E-state index in [2.05, 4.69) is 0 Å². The highest BCUT2D eigenvalue weighted by atomic mass is 16.5. The molecule has 1 heterocycles. The molecule has 1 amide bonds. The Kier molecular flexibility index (Phi) is 4.32. The number of rotatable bonds is 4. The quantitative estimate of drug-likeness (QED) is 0.630. The molecular weight excluding hydrogens is 338 g/mol. The van der Waals surface area contributed by atoms with Gasteiger partial charge in [0, 0.05) is 23.2 Å². The molecule has 1 aliphatic rings. The van der Waals surface area contributed by atoms with E-state index in [0.717, 1.165) is 39.1 Å². The van der Waals surface area contributed by atoms with Gasteiger partial charge in [0.2, 0.25) is 0 Å². The van der Waals surface area contributed by atoms with Gasteiger partial charge in [-0.1, -0.05) is 30.3 Å². The molecule has 0 saturated heterocycles. The number of para-hydroxylation sites is 1. The largest absolute Gasteiger partial charge is 0.497 e. The predicted octanol–water partition coefficient (Wildman–Crippen LogP) is 4.76. The minimum absolute atomic E-state index is 0.0145. The zero-order valence-electron chi connectivity index (χ0n) is 15.7. The maximum atomic E-state index is 13.0. The Balaban J connectivity index is 1.98. The number of nitrogens with zero attached hydrogens (tertiary/aromatic N) is 1. The highest BCUT2D eigenvalue weighted by Crippen LogP contribution is 2.40. The predicted molar refractivity (Wildman–Crippen MR) is 109 cm³/mol. The maximum Gasteiger partial charge on any atom is 0.258 e. The molecule has 0 atom stereocenters. The van der Waals surface area contributed by atoms with Crippen LogP contribution in [-0.2, 0) is 4.79 Å². The van der Waals surface area contributed by atoms with Crippen LogP contribution in [0.2, 0.25) is 0 Å². The number of carbonyl (C=O) groups is 1. The molecule has 4 heteroatoms. The van der Waals surface area contributed by atoms with E-state index in [0.29, 0.717) is 12.1 Å². The highest BCUT2D eigenvalue weighted by Gasteiger charge is 2.31. The van der Waals surface area contributed by atoms with Crippen molar-refractivity contribution in [3.05, 3.63) is 65.7 Å². The molecule has 0 unspecified atom stereocenters. The van der Waals surface area contributed by atoms with Gasteiger partial charge in [-0.3, -0.25) is 4.79 Å². The SMILES string of the molecule is CCN1C(=O)/C(=C\c2c(OC)ccc3ccc(OC)cc23)c2ccccc21. The summed E-state index contributed by atoms with van der Waals surface area (Å²) in [7, 11) is 3.29. The van der Waals surface area contributed by atoms with Crippen LogP contribution in [0, 0.1) is 0 Å². The van der Waals surface area contributed by atoms with Crippen molar-refractivity contribution < 1.29 is 14.3 Å². The fourth-order valence-electron chi connectivity index (χ4n) is 3.66. The van der Waals surface area contributed by atoms with E-state index in [1.165, 1.54) is 0 Å². The van der Waals surface area contributed by atoms with Crippen molar-refractivity contribution in [1.82, 2.24) is 0 Å². The first-order valence-corrected chi connectivity index (χ1v) is 8.95. The van der Waals surface area contributed by atoms with Crippen molar-refractivity contribution in [2.75, 3.05) is 25.7 Å². The molecule has 0 fully saturated rings. The lowest BCUT2D eigenvalue weighted by Gasteiger charge is -2.13.